The van der Waals surface area contributed by atoms with Gasteiger partial charge in [-0.05, 0) is 39.0 Å². The maximum atomic E-state index is 10.9. The Morgan fingerprint density at radius 1 is 1.56 bits per heavy atom. The minimum atomic E-state index is -0.501. The van der Waals surface area contributed by atoms with E-state index < -0.39 is 6.10 Å². The summed E-state index contributed by atoms with van der Waals surface area (Å²) in [6, 6.07) is -0.144. The van der Waals surface area contributed by atoms with Crippen LogP contribution in [0.2, 0.25) is 0 Å². The number of nitrogens with zero attached hydrogens (tertiary/aromatic N) is 3. The second-order valence-electron chi connectivity index (χ2n) is 4.61. The number of carbonyl (C=O) groups is 1. The van der Waals surface area contributed by atoms with Gasteiger partial charge in [0.05, 0.1) is 17.8 Å². The first-order chi connectivity index (χ1) is 7.63. The van der Waals surface area contributed by atoms with Gasteiger partial charge >= 0.3 is 0 Å². The highest BCUT2D eigenvalue weighted by atomic mass is 16.3. The van der Waals surface area contributed by atoms with E-state index in [2.05, 4.69) is 10.3 Å². The van der Waals surface area contributed by atoms with E-state index in [0.717, 1.165) is 18.4 Å². The zero-order valence-electron chi connectivity index (χ0n) is 9.63. The SMILES string of the molecule is CC(O)C(C)n1nnc(C=O)c1CC1CC1. The molecule has 0 aliphatic heterocycles. The maximum Gasteiger partial charge on any atom is 0.172 e. The Balaban J connectivity index is 2.28. The third-order valence-electron chi connectivity index (χ3n) is 3.20. The van der Waals surface area contributed by atoms with Crippen molar-refractivity contribution in [2.24, 2.45) is 5.92 Å². The summed E-state index contributed by atoms with van der Waals surface area (Å²) in [7, 11) is 0. The normalized spacial score (nSPS) is 19.4. The van der Waals surface area contributed by atoms with Crippen molar-refractivity contribution in [3.05, 3.63) is 11.4 Å². The van der Waals surface area contributed by atoms with Crippen LogP contribution in [0.25, 0.3) is 0 Å². The van der Waals surface area contributed by atoms with Crippen molar-refractivity contribution in [3.8, 4) is 0 Å². The van der Waals surface area contributed by atoms with Crippen LogP contribution in [0, 0.1) is 5.92 Å². The highest BCUT2D eigenvalue weighted by Crippen LogP contribution is 2.33. The summed E-state index contributed by atoms with van der Waals surface area (Å²) in [5.41, 5.74) is 1.28. The first-order valence-electron chi connectivity index (χ1n) is 5.70. The van der Waals surface area contributed by atoms with Gasteiger partial charge in [0.1, 0.15) is 5.69 Å². The number of hydrogen-bond acceptors (Lipinski definition) is 4. The van der Waals surface area contributed by atoms with Crippen LogP contribution in [0.4, 0.5) is 0 Å². The molecule has 1 aromatic rings. The van der Waals surface area contributed by atoms with Crippen molar-refractivity contribution < 1.29 is 9.90 Å². The number of hydrogen-bond donors (Lipinski definition) is 1. The standard InChI is InChI=1S/C11H17N3O2/c1-7(8(2)16)14-11(5-9-3-4-9)10(6-15)12-13-14/h6-9,16H,3-5H2,1-2H3. The lowest BCUT2D eigenvalue weighted by molar-refractivity contribution is 0.111. The summed E-state index contributed by atoms with van der Waals surface area (Å²) in [5, 5.41) is 17.4. The minimum Gasteiger partial charge on any atom is -0.391 e. The fourth-order valence-electron chi connectivity index (χ4n) is 1.74. The molecule has 88 valence electrons. The average Bonchev–Trinajstić information content (AvgIpc) is 2.97. The zero-order valence-corrected chi connectivity index (χ0v) is 9.63. The van der Waals surface area contributed by atoms with Crippen molar-refractivity contribution in [2.45, 2.75) is 45.3 Å². The molecule has 1 saturated carbocycles. The first-order valence-corrected chi connectivity index (χ1v) is 5.70. The van der Waals surface area contributed by atoms with Crippen LogP contribution in [0.3, 0.4) is 0 Å². The average molecular weight is 223 g/mol. The molecular formula is C11H17N3O2. The molecule has 2 unspecified atom stereocenters. The van der Waals surface area contributed by atoms with Gasteiger partial charge in [-0.15, -0.1) is 5.10 Å². The Morgan fingerprint density at radius 2 is 2.25 bits per heavy atom. The lowest BCUT2D eigenvalue weighted by atomic mass is 10.1. The van der Waals surface area contributed by atoms with Gasteiger partial charge in [0, 0.05) is 0 Å². The number of aldehydes is 1. The number of carbonyl (C=O) groups excluding carboxylic acids is 1. The molecule has 0 saturated heterocycles. The third-order valence-corrected chi connectivity index (χ3v) is 3.20. The van der Waals surface area contributed by atoms with Crippen LogP contribution >= 0.6 is 0 Å². The molecule has 0 radical (unpaired) electrons. The summed E-state index contributed by atoms with van der Waals surface area (Å²) in [5.74, 6) is 0.664. The predicted molar refractivity (Wildman–Crippen MR) is 58.2 cm³/mol. The topological polar surface area (TPSA) is 68.0 Å². The Bertz CT molecular complexity index is 383. The van der Waals surface area contributed by atoms with Gasteiger partial charge in [0.15, 0.2) is 6.29 Å². The van der Waals surface area contributed by atoms with E-state index in [0.29, 0.717) is 11.6 Å². The highest BCUT2D eigenvalue weighted by molar-refractivity contribution is 5.73. The van der Waals surface area contributed by atoms with E-state index in [1.165, 1.54) is 12.8 Å². The van der Waals surface area contributed by atoms with Crippen LogP contribution < -0.4 is 0 Å². The van der Waals surface area contributed by atoms with E-state index in [4.69, 9.17) is 0 Å². The van der Waals surface area contributed by atoms with E-state index in [1.54, 1.807) is 11.6 Å². The monoisotopic (exact) mass is 223 g/mol. The molecule has 0 aromatic carbocycles. The summed E-state index contributed by atoms with van der Waals surface area (Å²) < 4.78 is 1.69. The van der Waals surface area contributed by atoms with E-state index in [9.17, 15) is 9.90 Å². The first kappa shape index (κ1) is 11.3. The molecule has 1 aliphatic carbocycles. The number of aliphatic hydroxyl groups excluding tert-OH is 1. The minimum absolute atomic E-state index is 0.144. The van der Waals surface area contributed by atoms with Gasteiger partial charge in [-0.25, -0.2) is 4.68 Å². The molecule has 16 heavy (non-hydrogen) atoms. The molecule has 1 N–H and O–H groups in total. The van der Waals surface area contributed by atoms with Gasteiger partial charge in [0.2, 0.25) is 0 Å². The molecular weight excluding hydrogens is 206 g/mol. The fourth-order valence-corrected chi connectivity index (χ4v) is 1.74. The van der Waals surface area contributed by atoms with Gasteiger partial charge in [-0.1, -0.05) is 5.21 Å². The molecule has 1 heterocycles. The zero-order chi connectivity index (χ0) is 11.7. The van der Waals surface area contributed by atoms with Crippen LogP contribution in [0.1, 0.15) is 48.9 Å². The number of rotatable bonds is 5. The Hall–Kier alpha value is -1.23. The van der Waals surface area contributed by atoms with E-state index in [-0.39, 0.29) is 6.04 Å². The lowest BCUT2D eigenvalue weighted by Crippen LogP contribution is -2.21. The predicted octanol–water partition coefficient (Wildman–Crippen LogP) is 0.985. The Labute approximate surface area is 94.5 Å². The quantitative estimate of drug-likeness (QED) is 0.756. The van der Waals surface area contributed by atoms with Crippen LogP contribution in [-0.2, 0) is 6.42 Å². The van der Waals surface area contributed by atoms with Crippen LogP contribution in [0.15, 0.2) is 0 Å². The molecule has 2 atom stereocenters. The van der Waals surface area contributed by atoms with Gasteiger partial charge in [-0.3, -0.25) is 4.79 Å². The summed E-state index contributed by atoms with van der Waals surface area (Å²) in [6.07, 6.45) is 3.52. The van der Waals surface area contributed by atoms with Crippen molar-refractivity contribution in [1.29, 1.82) is 0 Å². The molecule has 1 aliphatic rings. The van der Waals surface area contributed by atoms with Crippen LogP contribution in [-0.4, -0.2) is 32.5 Å². The van der Waals surface area contributed by atoms with E-state index >= 15 is 0 Å². The largest absolute Gasteiger partial charge is 0.391 e. The smallest absolute Gasteiger partial charge is 0.172 e. The molecule has 0 bridgehead atoms. The lowest BCUT2D eigenvalue weighted by Gasteiger charge is -2.17. The van der Waals surface area contributed by atoms with Gasteiger partial charge in [0.25, 0.3) is 0 Å². The van der Waals surface area contributed by atoms with Gasteiger partial charge in [-0.2, -0.15) is 0 Å². The number of aliphatic hydroxyl groups is 1. The Morgan fingerprint density at radius 3 is 2.75 bits per heavy atom. The summed E-state index contributed by atoms with van der Waals surface area (Å²) in [6.45, 7) is 3.60. The highest BCUT2D eigenvalue weighted by Gasteiger charge is 2.27. The Kier molecular flexibility index (Phi) is 3.05. The molecule has 0 amide bonds. The molecule has 0 spiro atoms. The van der Waals surface area contributed by atoms with Gasteiger partial charge < -0.3 is 5.11 Å². The maximum absolute atomic E-state index is 10.9. The molecule has 1 aromatic heterocycles. The number of aromatic nitrogens is 3. The third kappa shape index (κ3) is 2.14. The summed E-state index contributed by atoms with van der Waals surface area (Å²) in [4.78, 5) is 10.9. The molecule has 5 heteroatoms. The van der Waals surface area contributed by atoms with E-state index in [1.807, 2.05) is 6.92 Å². The fraction of sp³-hybridized carbons (Fsp3) is 0.727. The molecule has 1 fully saturated rings. The van der Waals surface area contributed by atoms with Crippen LogP contribution in [0.5, 0.6) is 0 Å². The van der Waals surface area contributed by atoms with Crippen molar-refractivity contribution in [1.82, 2.24) is 15.0 Å². The molecule has 2 rings (SSSR count). The second-order valence-corrected chi connectivity index (χ2v) is 4.61. The van der Waals surface area contributed by atoms with Crippen molar-refractivity contribution in [2.75, 3.05) is 0 Å². The van der Waals surface area contributed by atoms with Crippen molar-refractivity contribution in [3.63, 3.8) is 0 Å². The molecule has 5 nitrogen and oxygen atoms in total. The summed E-state index contributed by atoms with van der Waals surface area (Å²) >= 11 is 0. The second kappa shape index (κ2) is 4.33. The van der Waals surface area contributed by atoms with Crippen molar-refractivity contribution >= 4 is 6.29 Å².